The molecule has 0 aliphatic heterocycles. The number of rotatable bonds is 8. The molecule has 120 valence electrons. The summed E-state index contributed by atoms with van der Waals surface area (Å²) in [4.78, 5) is 33.9. The summed E-state index contributed by atoms with van der Waals surface area (Å²) in [7, 11) is 0. The van der Waals surface area contributed by atoms with Crippen molar-refractivity contribution in [1.82, 2.24) is 5.32 Å². The van der Waals surface area contributed by atoms with Crippen molar-refractivity contribution in [2.75, 3.05) is 0 Å². The fourth-order valence-corrected chi connectivity index (χ4v) is 2.40. The van der Waals surface area contributed by atoms with E-state index in [1.165, 1.54) is 0 Å². The Morgan fingerprint density at radius 3 is 2.36 bits per heavy atom. The topological polar surface area (TPSA) is 121 Å². The second-order valence-corrected chi connectivity index (χ2v) is 5.89. The Labute approximate surface area is 130 Å². The number of carboxylic acids is 1. The van der Waals surface area contributed by atoms with Gasteiger partial charge in [0.25, 0.3) is 0 Å². The van der Waals surface area contributed by atoms with Crippen LogP contribution >= 0.6 is 0 Å². The Morgan fingerprint density at radius 1 is 1.32 bits per heavy atom. The summed E-state index contributed by atoms with van der Waals surface area (Å²) in [6, 6.07) is 7.38. The summed E-state index contributed by atoms with van der Waals surface area (Å²) in [6.07, 6.45) is 0.435. The second kappa shape index (κ2) is 8.40. The maximum atomic E-state index is 12.0. The van der Waals surface area contributed by atoms with Crippen LogP contribution in [-0.4, -0.2) is 43.3 Å². The quantitative estimate of drug-likeness (QED) is 0.464. The highest BCUT2D eigenvalue weighted by molar-refractivity contribution is 7.80. The number of benzene rings is 1. The zero-order valence-corrected chi connectivity index (χ0v) is 12.7. The van der Waals surface area contributed by atoms with Gasteiger partial charge < -0.3 is 19.8 Å². The minimum Gasteiger partial charge on any atom is -0.480 e. The van der Waals surface area contributed by atoms with Crippen LogP contribution in [0.2, 0.25) is 0 Å². The molecule has 0 saturated carbocycles. The van der Waals surface area contributed by atoms with Crippen LogP contribution in [0, 0.1) is 5.92 Å². The average molecular weight is 327 g/mol. The summed E-state index contributed by atoms with van der Waals surface area (Å²) >= 11 is -2.69. The van der Waals surface area contributed by atoms with E-state index < -0.39 is 40.2 Å². The molecule has 3 N–H and O–H groups in total. The van der Waals surface area contributed by atoms with Crippen LogP contribution in [0.15, 0.2) is 30.3 Å². The maximum absolute atomic E-state index is 12.0. The van der Waals surface area contributed by atoms with Gasteiger partial charge in [-0.3, -0.25) is 4.79 Å². The minimum atomic E-state index is -2.69. The average Bonchev–Trinajstić information content (AvgIpc) is 2.47. The van der Waals surface area contributed by atoms with E-state index in [1.54, 1.807) is 6.92 Å². The molecule has 0 spiro atoms. The molecule has 7 nitrogen and oxygen atoms in total. The van der Waals surface area contributed by atoms with E-state index in [9.17, 15) is 18.6 Å². The molecule has 8 heteroatoms. The molecule has 0 heterocycles. The molecule has 0 aliphatic rings. The van der Waals surface area contributed by atoms with Crippen LogP contribution in [0.25, 0.3) is 0 Å². The fraction of sp³-hybridized carbons (Fsp3) is 0.357. The van der Waals surface area contributed by atoms with Gasteiger partial charge >= 0.3 is 5.97 Å². The van der Waals surface area contributed by atoms with Crippen LogP contribution in [-0.2, 0) is 31.9 Å². The van der Waals surface area contributed by atoms with Crippen molar-refractivity contribution in [2.24, 2.45) is 5.92 Å². The number of hydrogen-bond donors (Lipinski definition) is 3. The van der Waals surface area contributed by atoms with Gasteiger partial charge in [-0.15, -0.1) is 0 Å². The van der Waals surface area contributed by atoms with Gasteiger partial charge in [0.2, 0.25) is 5.91 Å². The first-order valence-electron chi connectivity index (χ1n) is 6.49. The molecule has 0 aliphatic carbocycles. The normalized spacial score (nSPS) is 16.1. The third-order valence-electron chi connectivity index (χ3n) is 3.09. The fourth-order valence-electron chi connectivity index (χ4n) is 1.88. The minimum absolute atomic E-state index is 0.0526. The highest BCUT2D eigenvalue weighted by Gasteiger charge is 2.34. The number of aliphatic carboxylic acids is 1. The SMILES string of the molecule is CC(Cc1ccccc1)C(=O)N[C@H](C(=O)O)C(C=O)S(=O)O. The zero-order valence-electron chi connectivity index (χ0n) is 11.8. The van der Waals surface area contributed by atoms with Gasteiger partial charge in [0.15, 0.2) is 17.1 Å². The molecule has 0 saturated heterocycles. The van der Waals surface area contributed by atoms with E-state index in [-0.39, 0.29) is 6.29 Å². The highest BCUT2D eigenvalue weighted by Crippen LogP contribution is 2.09. The van der Waals surface area contributed by atoms with Crippen molar-refractivity contribution in [1.29, 1.82) is 0 Å². The van der Waals surface area contributed by atoms with Gasteiger partial charge in [-0.2, -0.15) is 0 Å². The van der Waals surface area contributed by atoms with Crippen molar-refractivity contribution in [3.05, 3.63) is 35.9 Å². The van der Waals surface area contributed by atoms with E-state index in [4.69, 9.17) is 9.66 Å². The molecule has 0 radical (unpaired) electrons. The summed E-state index contributed by atoms with van der Waals surface area (Å²) < 4.78 is 19.9. The third-order valence-corrected chi connectivity index (χ3v) is 3.94. The number of hydrogen-bond acceptors (Lipinski definition) is 4. The molecule has 1 rings (SSSR count). The van der Waals surface area contributed by atoms with Gasteiger partial charge in [-0.05, 0) is 12.0 Å². The lowest BCUT2D eigenvalue weighted by atomic mass is 10.00. The first kappa shape index (κ1) is 18.0. The number of aldehydes is 1. The third kappa shape index (κ3) is 5.05. The standard InChI is InChI=1S/C14H17NO6S/c1-9(7-10-5-3-2-4-6-10)13(17)15-12(14(18)19)11(8-16)22(20)21/h2-6,8-9,11-12H,7H2,1H3,(H,15,17)(H,18,19)(H,20,21)/t9?,11?,12-/m0/s1. The highest BCUT2D eigenvalue weighted by atomic mass is 32.2. The van der Waals surface area contributed by atoms with Gasteiger partial charge in [-0.1, -0.05) is 37.3 Å². The van der Waals surface area contributed by atoms with Crippen LogP contribution in [0.3, 0.4) is 0 Å². The van der Waals surface area contributed by atoms with Crippen molar-refractivity contribution in [3.8, 4) is 0 Å². The first-order valence-corrected chi connectivity index (χ1v) is 7.65. The number of nitrogens with one attached hydrogen (secondary N) is 1. The molecule has 4 atom stereocenters. The second-order valence-electron chi connectivity index (χ2n) is 4.79. The van der Waals surface area contributed by atoms with Crippen LogP contribution < -0.4 is 5.32 Å². The predicted octanol–water partition coefficient (Wildman–Crippen LogP) is 0.224. The van der Waals surface area contributed by atoms with Gasteiger partial charge in [-0.25, -0.2) is 9.00 Å². The smallest absolute Gasteiger partial charge is 0.328 e. The van der Waals surface area contributed by atoms with Crippen LogP contribution in [0.4, 0.5) is 0 Å². The van der Waals surface area contributed by atoms with Crippen molar-refractivity contribution >= 4 is 29.2 Å². The zero-order chi connectivity index (χ0) is 16.7. The molecule has 1 aromatic carbocycles. The molecule has 0 fully saturated rings. The lowest BCUT2D eigenvalue weighted by molar-refractivity contribution is -0.143. The maximum Gasteiger partial charge on any atom is 0.328 e. The van der Waals surface area contributed by atoms with Crippen molar-refractivity contribution < 1.29 is 28.3 Å². The number of carboxylic acid groups (broad SMARTS) is 1. The summed E-state index contributed by atoms with van der Waals surface area (Å²) in [5, 5.41) is 9.45. The van der Waals surface area contributed by atoms with Crippen molar-refractivity contribution in [3.63, 3.8) is 0 Å². The first-order chi connectivity index (χ1) is 10.4. The van der Waals surface area contributed by atoms with E-state index in [2.05, 4.69) is 5.32 Å². The summed E-state index contributed by atoms with van der Waals surface area (Å²) in [6.45, 7) is 1.60. The molecule has 3 unspecified atom stereocenters. The predicted molar refractivity (Wildman–Crippen MR) is 79.5 cm³/mol. The summed E-state index contributed by atoms with van der Waals surface area (Å²) in [5.74, 6) is -2.70. The molecule has 22 heavy (non-hydrogen) atoms. The monoisotopic (exact) mass is 327 g/mol. The van der Waals surface area contributed by atoms with Crippen LogP contribution in [0.5, 0.6) is 0 Å². The molecule has 1 aromatic rings. The number of carbonyl (C=O) groups is 3. The Hall–Kier alpha value is -2.06. The Balaban J connectivity index is 2.76. The number of carbonyl (C=O) groups excluding carboxylic acids is 2. The van der Waals surface area contributed by atoms with Gasteiger partial charge in [0.05, 0.1) is 0 Å². The number of amides is 1. The van der Waals surface area contributed by atoms with Gasteiger partial charge in [0.1, 0.15) is 11.5 Å². The van der Waals surface area contributed by atoms with E-state index in [1.807, 2.05) is 30.3 Å². The Bertz CT molecular complexity index is 562. The van der Waals surface area contributed by atoms with E-state index >= 15 is 0 Å². The van der Waals surface area contributed by atoms with Crippen molar-refractivity contribution in [2.45, 2.75) is 24.6 Å². The molecule has 0 aromatic heterocycles. The largest absolute Gasteiger partial charge is 0.480 e. The molecule has 0 bridgehead atoms. The molecule has 1 amide bonds. The lowest BCUT2D eigenvalue weighted by Crippen LogP contribution is -2.52. The van der Waals surface area contributed by atoms with Crippen LogP contribution in [0.1, 0.15) is 12.5 Å². The Morgan fingerprint density at radius 2 is 1.91 bits per heavy atom. The summed E-state index contributed by atoms with van der Waals surface area (Å²) in [5.41, 5.74) is 0.898. The molecular weight excluding hydrogens is 310 g/mol. The Kier molecular flexibility index (Phi) is 6.87. The van der Waals surface area contributed by atoms with E-state index in [0.717, 1.165) is 5.56 Å². The van der Waals surface area contributed by atoms with E-state index in [0.29, 0.717) is 6.42 Å². The lowest BCUT2D eigenvalue weighted by Gasteiger charge is -2.20. The molecular formula is C14H17NO6S. The van der Waals surface area contributed by atoms with Gasteiger partial charge in [0, 0.05) is 5.92 Å².